The molecule has 1 saturated carbocycles. The van der Waals surface area contributed by atoms with Crippen molar-refractivity contribution in [3.8, 4) is 0 Å². The van der Waals surface area contributed by atoms with Crippen LogP contribution in [0.3, 0.4) is 0 Å². The number of likely N-dealkylation sites (tertiary alicyclic amines) is 1. The van der Waals surface area contributed by atoms with Gasteiger partial charge in [0.15, 0.2) is 6.29 Å². The number of amides is 1. The SMILES string of the molecule is C[C@@H]1[C@H](CN2CC3(C)CC2CC(C)(C)C3)O[C@H](c2cccc(NC(=O)C(Cl)(Cl)Cl)c2)O[C@@H]1c1ccc(CO)cc1. The smallest absolute Gasteiger partial charge is 0.276 e. The van der Waals surface area contributed by atoms with E-state index < -0.39 is 16.0 Å². The third-order valence-electron chi connectivity index (χ3n) is 8.74. The number of carbonyl (C=O) groups is 1. The molecule has 2 aliphatic heterocycles. The monoisotopic (exact) mass is 608 g/mol. The lowest BCUT2D eigenvalue weighted by Crippen LogP contribution is -2.46. The second-order valence-electron chi connectivity index (χ2n) is 13.0. The lowest BCUT2D eigenvalue weighted by molar-refractivity contribution is -0.276. The number of carbonyl (C=O) groups excluding carboxylic acids is 1. The van der Waals surface area contributed by atoms with E-state index in [4.69, 9.17) is 44.3 Å². The van der Waals surface area contributed by atoms with Crippen LogP contribution in [0.5, 0.6) is 0 Å². The lowest BCUT2D eigenvalue weighted by atomic mass is 9.65. The molecule has 1 amide bonds. The van der Waals surface area contributed by atoms with Gasteiger partial charge in [0.05, 0.1) is 18.8 Å². The summed E-state index contributed by atoms with van der Waals surface area (Å²) in [5.74, 6) is -0.644. The Balaban J connectivity index is 1.41. The molecule has 6 nitrogen and oxygen atoms in total. The zero-order valence-corrected chi connectivity index (χ0v) is 25.8. The highest BCUT2D eigenvalue weighted by atomic mass is 35.6. The van der Waals surface area contributed by atoms with E-state index >= 15 is 0 Å². The molecule has 0 radical (unpaired) electrons. The lowest BCUT2D eigenvalue weighted by Gasteiger charge is -2.43. The summed E-state index contributed by atoms with van der Waals surface area (Å²) in [6, 6.07) is 15.7. The minimum absolute atomic E-state index is 0.00606. The minimum Gasteiger partial charge on any atom is -0.392 e. The van der Waals surface area contributed by atoms with Gasteiger partial charge in [0, 0.05) is 36.3 Å². The van der Waals surface area contributed by atoms with Gasteiger partial charge in [-0.15, -0.1) is 0 Å². The molecule has 2 N–H and O–H groups in total. The number of hydrogen-bond donors (Lipinski definition) is 2. The predicted molar refractivity (Wildman–Crippen MR) is 159 cm³/mol. The van der Waals surface area contributed by atoms with E-state index in [1.54, 1.807) is 12.1 Å². The molecule has 5 rings (SSSR count). The van der Waals surface area contributed by atoms with Crippen molar-refractivity contribution in [1.82, 2.24) is 4.90 Å². The maximum Gasteiger partial charge on any atom is 0.276 e. The van der Waals surface area contributed by atoms with Crippen molar-refractivity contribution >= 4 is 46.4 Å². The number of nitrogens with zero attached hydrogens (tertiary/aromatic N) is 1. The summed E-state index contributed by atoms with van der Waals surface area (Å²) >= 11 is 17.3. The van der Waals surface area contributed by atoms with Crippen molar-refractivity contribution in [2.24, 2.45) is 16.7 Å². The average molecular weight is 610 g/mol. The first-order valence-corrected chi connectivity index (χ1v) is 15.1. The number of rotatable bonds is 6. The Kier molecular flexibility index (Phi) is 8.55. The normalized spacial score (nSPS) is 32.1. The van der Waals surface area contributed by atoms with Crippen LogP contribution in [0.15, 0.2) is 48.5 Å². The van der Waals surface area contributed by atoms with Gasteiger partial charge in [0.1, 0.15) is 0 Å². The van der Waals surface area contributed by atoms with Crippen molar-refractivity contribution in [1.29, 1.82) is 0 Å². The number of aliphatic hydroxyl groups excluding tert-OH is 1. The van der Waals surface area contributed by atoms with Gasteiger partial charge >= 0.3 is 0 Å². The third kappa shape index (κ3) is 6.64. The van der Waals surface area contributed by atoms with Crippen LogP contribution >= 0.6 is 34.8 Å². The molecule has 218 valence electrons. The molecule has 0 spiro atoms. The summed E-state index contributed by atoms with van der Waals surface area (Å²) in [7, 11) is 0. The second kappa shape index (κ2) is 11.4. The number of halogens is 3. The topological polar surface area (TPSA) is 71.0 Å². The number of ether oxygens (including phenoxy) is 2. The van der Waals surface area contributed by atoms with Crippen molar-refractivity contribution in [2.75, 3.05) is 18.4 Å². The fourth-order valence-electron chi connectivity index (χ4n) is 7.31. The summed E-state index contributed by atoms with van der Waals surface area (Å²) < 4.78 is 11.3. The van der Waals surface area contributed by atoms with Gasteiger partial charge in [0.2, 0.25) is 0 Å². The van der Waals surface area contributed by atoms with Crippen molar-refractivity contribution in [2.45, 2.75) is 81.9 Å². The van der Waals surface area contributed by atoms with Gasteiger partial charge in [-0.25, -0.2) is 0 Å². The molecule has 2 aromatic rings. The zero-order valence-electron chi connectivity index (χ0n) is 23.5. The standard InChI is InChI=1S/C31H39Cl3N2O4/c1-19-25(15-36-18-30(4)14-24(36)13-29(2,3)17-30)39-27(40-26(19)21-10-8-20(16-37)9-11-21)22-6-5-7-23(12-22)35-28(38)31(32,33)34/h5-12,19,24-27,37H,13-18H2,1-4H3,(H,35,38)/t19-,24?,25+,26+,27+,30?/m1/s1. The summed E-state index contributed by atoms with van der Waals surface area (Å²) in [4.78, 5) is 14.9. The van der Waals surface area contributed by atoms with Crippen molar-refractivity contribution in [3.05, 3.63) is 65.2 Å². The average Bonchev–Trinajstić information content (AvgIpc) is 3.12. The summed E-state index contributed by atoms with van der Waals surface area (Å²) in [6.45, 7) is 11.3. The number of nitrogens with one attached hydrogen (secondary N) is 1. The quantitative estimate of drug-likeness (QED) is 0.340. The van der Waals surface area contributed by atoms with Crippen LogP contribution in [0.1, 0.15) is 76.0 Å². The summed E-state index contributed by atoms with van der Waals surface area (Å²) in [5.41, 5.74) is 3.82. The van der Waals surface area contributed by atoms with Crippen LogP contribution in [-0.2, 0) is 20.9 Å². The van der Waals surface area contributed by atoms with Gasteiger partial charge in [0.25, 0.3) is 9.70 Å². The molecule has 2 saturated heterocycles. The number of fused-ring (bicyclic) bond motifs is 2. The molecule has 3 aliphatic rings. The summed E-state index contributed by atoms with van der Waals surface area (Å²) in [6.07, 6.45) is 2.72. The number of aliphatic hydroxyl groups is 1. The van der Waals surface area contributed by atoms with Gasteiger partial charge < -0.3 is 19.9 Å². The van der Waals surface area contributed by atoms with Gasteiger partial charge in [-0.05, 0) is 53.4 Å². The Morgan fingerprint density at radius 3 is 2.48 bits per heavy atom. The molecule has 9 heteroatoms. The van der Waals surface area contributed by atoms with Crippen LogP contribution in [0, 0.1) is 16.7 Å². The molecule has 0 aromatic heterocycles. The molecule has 2 unspecified atom stereocenters. The fourth-order valence-corrected chi connectivity index (χ4v) is 7.46. The van der Waals surface area contributed by atoms with Crippen LogP contribution in [-0.4, -0.2) is 44.9 Å². The van der Waals surface area contributed by atoms with E-state index in [0.717, 1.165) is 29.8 Å². The first-order chi connectivity index (χ1) is 18.7. The Morgan fingerprint density at radius 1 is 1.07 bits per heavy atom. The van der Waals surface area contributed by atoms with Crippen LogP contribution in [0.2, 0.25) is 0 Å². The van der Waals surface area contributed by atoms with E-state index in [9.17, 15) is 9.90 Å². The van der Waals surface area contributed by atoms with E-state index in [2.05, 4.69) is 37.9 Å². The molecule has 3 fully saturated rings. The number of benzene rings is 2. The fraction of sp³-hybridized carbons (Fsp3) is 0.581. The molecule has 40 heavy (non-hydrogen) atoms. The van der Waals surface area contributed by atoms with Crippen molar-refractivity contribution < 1.29 is 19.4 Å². The third-order valence-corrected chi connectivity index (χ3v) is 9.25. The minimum atomic E-state index is -2.07. The highest BCUT2D eigenvalue weighted by Gasteiger charge is 2.51. The van der Waals surface area contributed by atoms with E-state index in [1.807, 2.05) is 36.4 Å². The molecular weight excluding hydrogens is 571 g/mol. The zero-order chi connectivity index (χ0) is 28.9. The number of hydrogen-bond acceptors (Lipinski definition) is 5. The van der Waals surface area contributed by atoms with Gasteiger partial charge in [-0.1, -0.05) is 98.9 Å². The molecule has 2 bridgehead atoms. The van der Waals surface area contributed by atoms with Crippen LogP contribution in [0.25, 0.3) is 0 Å². The Hall–Kier alpha value is -1.38. The first-order valence-electron chi connectivity index (χ1n) is 14.0. The van der Waals surface area contributed by atoms with Gasteiger partial charge in [-0.2, -0.15) is 0 Å². The first kappa shape index (κ1) is 30.1. The highest BCUT2D eigenvalue weighted by molar-refractivity contribution is 6.76. The Labute approximate surface area is 252 Å². The maximum absolute atomic E-state index is 12.3. The van der Waals surface area contributed by atoms with Crippen LogP contribution < -0.4 is 5.32 Å². The molecule has 6 atom stereocenters. The van der Waals surface area contributed by atoms with E-state index in [1.165, 1.54) is 19.3 Å². The molecule has 2 heterocycles. The second-order valence-corrected chi connectivity index (χ2v) is 15.3. The molecule has 1 aliphatic carbocycles. The summed E-state index contributed by atoms with van der Waals surface area (Å²) in [5, 5.41) is 12.2. The molecular formula is C31H39Cl3N2O4. The largest absolute Gasteiger partial charge is 0.392 e. The highest BCUT2D eigenvalue weighted by Crippen LogP contribution is 2.53. The van der Waals surface area contributed by atoms with Crippen molar-refractivity contribution in [3.63, 3.8) is 0 Å². The predicted octanol–water partition coefficient (Wildman–Crippen LogP) is 7.18. The number of anilines is 1. The number of alkyl halides is 3. The Morgan fingerprint density at radius 2 is 1.80 bits per heavy atom. The van der Waals surface area contributed by atoms with E-state index in [-0.39, 0.29) is 24.7 Å². The maximum atomic E-state index is 12.3. The Bertz CT molecular complexity index is 1220. The van der Waals surface area contributed by atoms with Crippen LogP contribution in [0.4, 0.5) is 5.69 Å². The molecule has 2 aromatic carbocycles. The van der Waals surface area contributed by atoms with E-state index in [0.29, 0.717) is 22.6 Å². The van der Waals surface area contributed by atoms with Gasteiger partial charge in [-0.3, -0.25) is 9.69 Å².